The molecule has 92 valence electrons. The highest BCUT2D eigenvalue weighted by atomic mass is 79.9. The van der Waals surface area contributed by atoms with Crippen molar-refractivity contribution in [1.29, 1.82) is 0 Å². The molecule has 0 heterocycles. The first-order valence-electron chi connectivity index (χ1n) is 5.33. The van der Waals surface area contributed by atoms with Crippen molar-refractivity contribution in [3.8, 4) is 0 Å². The molecule has 17 heavy (non-hydrogen) atoms. The molecule has 0 aliphatic carbocycles. The zero-order chi connectivity index (χ0) is 12.7. The third-order valence-corrected chi connectivity index (χ3v) is 2.82. The Morgan fingerprint density at radius 3 is 2.65 bits per heavy atom. The minimum absolute atomic E-state index is 0.00514. The molecule has 0 aromatic heterocycles. The van der Waals surface area contributed by atoms with Crippen molar-refractivity contribution in [2.24, 2.45) is 0 Å². The fraction of sp³-hybridized carbons (Fsp3) is 0.308. The molecule has 0 saturated carbocycles. The van der Waals surface area contributed by atoms with Gasteiger partial charge in [-0.1, -0.05) is 22.0 Å². The van der Waals surface area contributed by atoms with Crippen LogP contribution in [-0.2, 0) is 4.74 Å². The maximum Gasteiger partial charge on any atom is 0.254 e. The molecule has 0 unspecified atom stereocenters. The number of nitrogens with zero attached hydrogens (tertiary/aromatic N) is 1. The minimum Gasteiger partial charge on any atom is -0.383 e. The Balaban J connectivity index is 2.75. The molecule has 0 N–H and O–H groups in total. The van der Waals surface area contributed by atoms with Gasteiger partial charge in [0.2, 0.25) is 0 Å². The van der Waals surface area contributed by atoms with E-state index in [-0.39, 0.29) is 5.91 Å². The van der Waals surface area contributed by atoms with Gasteiger partial charge in [0.15, 0.2) is 0 Å². The summed E-state index contributed by atoms with van der Waals surface area (Å²) in [6, 6.07) is 7.32. The van der Waals surface area contributed by atoms with Crippen LogP contribution < -0.4 is 0 Å². The van der Waals surface area contributed by atoms with Gasteiger partial charge in [0, 0.05) is 30.2 Å². The first-order chi connectivity index (χ1) is 8.19. The molecule has 0 fully saturated rings. The van der Waals surface area contributed by atoms with E-state index in [1.165, 1.54) is 0 Å². The SMILES string of the molecule is C=CCN(CCOC)C(=O)c1ccc(Br)cc1. The number of halogens is 1. The number of ether oxygens (including phenoxy) is 1. The van der Waals surface area contributed by atoms with Gasteiger partial charge in [-0.05, 0) is 24.3 Å². The quantitative estimate of drug-likeness (QED) is 0.756. The van der Waals surface area contributed by atoms with Gasteiger partial charge in [0.1, 0.15) is 0 Å². The van der Waals surface area contributed by atoms with Crippen molar-refractivity contribution in [3.63, 3.8) is 0 Å². The van der Waals surface area contributed by atoms with Crippen LogP contribution in [0.4, 0.5) is 0 Å². The second-order valence-electron chi connectivity index (χ2n) is 3.54. The molecule has 1 aromatic carbocycles. The standard InChI is InChI=1S/C13H16BrNO2/c1-3-8-15(9-10-17-2)13(16)11-4-6-12(14)7-5-11/h3-7H,1,8-10H2,2H3. The smallest absolute Gasteiger partial charge is 0.254 e. The van der Waals surface area contributed by atoms with Gasteiger partial charge in [-0.2, -0.15) is 0 Å². The first-order valence-corrected chi connectivity index (χ1v) is 6.13. The van der Waals surface area contributed by atoms with E-state index in [0.717, 1.165) is 4.47 Å². The number of hydrogen-bond acceptors (Lipinski definition) is 2. The van der Waals surface area contributed by atoms with E-state index < -0.39 is 0 Å². The molecule has 0 aliphatic heterocycles. The second kappa shape index (κ2) is 7.25. The fourth-order valence-electron chi connectivity index (χ4n) is 1.41. The minimum atomic E-state index is -0.00514. The van der Waals surface area contributed by atoms with Gasteiger partial charge >= 0.3 is 0 Å². The summed E-state index contributed by atoms with van der Waals surface area (Å²) in [7, 11) is 1.62. The average Bonchev–Trinajstić information content (AvgIpc) is 2.34. The number of hydrogen-bond donors (Lipinski definition) is 0. The Kier molecular flexibility index (Phi) is 5.94. The molecule has 0 atom stereocenters. The van der Waals surface area contributed by atoms with Crippen LogP contribution in [0.3, 0.4) is 0 Å². The number of carbonyl (C=O) groups is 1. The molecule has 0 radical (unpaired) electrons. The van der Waals surface area contributed by atoms with Crippen LogP contribution in [-0.4, -0.2) is 37.6 Å². The highest BCUT2D eigenvalue weighted by Gasteiger charge is 2.13. The van der Waals surface area contributed by atoms with Crippen molar-refractivity contribution < 1.29 is 9.53 Å². The Hall–Kier alpha value is -1.13. The van der Waals surface area contributed by atoms with Crippen molar-refractivity contribution in [3.05, 3.63) is 47.0 Å². The lowest BCUT2D eigenvalue weighted by molar-refractivity contribution is 0.0718. The van der Waals surface area contributed by atoms with Crippen molar-refractivity contribution in [1.82, 2.24) is 4.90 Å². The Morgan fingerprint density at radius 2 is 2.12 bits per heavy atom. The lowest BCUT2D eigenvalue weighted by atomic mass is 10.2. The topological polar surface area (TPSA) is 29.5 Å². The predicted octanol–water partition coefficient (Wildman–Crippen LogP) is 2.72. The monoisotopic (exact) mass is 297 g/mol. The number of carbonyl (C=O) groups excluding carboxylic acids is 1. The first kappa shape index (κ1) is 13.9. The molecular weight excluding hydrogens is 282 g/mol. The maximum atomic E-state index is 12.2. The largest absolute Gasteiger partial charge is 0.383 e. The molecular formula is C13H16BrNO2. The van der Waals surface area contributed by atoms with E-state index in [2.05, 4.69) is 22.5 Å². The van der Waals surface area contributed by atoms with E-state index in [9.17, 15) is 4.79 Å². The number of benzene rings is 1. The van der Waals surface area contributed by atoms with Crippen molar-refractivity contribution in [2.75, 3.05) is 26.8 Å². The van der Waals surface area contributed by atoms with Crippen LogP contribution >= 0.6 is 15.9 Å². The summed E-state index contributed by atoms with van der Waals surface area (Å²) in [5.74, 6) is -0.00514. The Labute approximate surface area is 110 Å². The zero-order valence-corrected chi connectivity index (χ0v) is 11.4. The van der Waals surface area contributed by atoms with E-state index in [1.807, 2.05) is 12.1 Å². The number of methoxy groups -OCH3 is 1. The third-order valence-electron chi connectivity index (χ3n) is 2.29. The second-order valence-corrected chi connectivity index (χ2v) is 4.46. The summed E-state index contributed by atoms with van der Waals surface area (Å²) in [4.78, 5) is 13.9. The highest BCUT2D eigenvalue weighted by molar-refractivity contribution is 9.10. The molecule has 0 spiro atoms. The molecule has 0 aliphatic rings. The van der Waals surface area contributed by atoms with Gasteiger partial charge in [0.25, 0.3) is 5.91 Å². The van der Waals surface area contributed by atoms with Gasteiger partial charge in [-0.15, -0.1) is 6.58 Å². The molecule has 3 nitrogen and oxygen atoms in total. The van der Waals surface area contributed by atoms with Gasteiger partial charge in [-0.3, -0.25) is 4.79 Å². The summed E-state index contributed by atoms with van der Waals surface area (Å²) in [6.45, 7) is 5.27. The number of amides is 1. The Morgan fingerprint density at radius 1 is 1.47 bits per heavy atom. The molecule has 1 aromatic rings. The molecule has 1 rings (SSSR count). The van der Waals surface area contributed by atoms with Gasteiger partial charge < -0.3 is 9.64 Å². The summed E-state index contributed by atoms with van der Waals surface area (Å²) >= 11 is 3.34. The van der Waals surface area contributed by atoms with Crippen LogP contribution in [0, 0.1) is 0 Å². The van der Waals surface area contributed by atoms with Crippen molar-refractivity contribution in [2.45, 2.75) is 0 Å². The summed E-state index contributed by atoms with van der Waals surface area (Å²) < 4.78 is 5.95. The average molecular weight is 298 g/mol. The third kappa shape index (κ3) is 4.32. The fourth-order valence-corrected chi connectivity index (χ4v) is 1.67. The lowest BCUT2D eigenvalue weighted by Gasteiger charge is -2.20. The van der Waals surface area contributed by atoms with E-state index in [0.29, 0.717) is 25.3 Å². The van der Waals surface area contributed by atoms with E-state index >= 15 is 0 Å². The van der Waals surface area contributed by atoms with Crippen LogP contribution in [0.2, 0.25) is 0 Å². The van der Waals surface area contributed by atoms with Gasteiger partial charge in [-0.25, -0.2) is 0 Å². The zero-order valence-electron chi connectivity index (χ0n) is 9.86. The summed E-state index contributed by atoms with van der Waals surface area (Å²) in [5.41, 5.74) is 0.672. The summed E-state index contributed by atoms with van der Waals surface area (Å²) in [6.07, 6.45) is 1.71. The predicted molar refractivity (Wildman–Crippen MR) is 72.1 cm³/mol. The van der Waals surface area contributed by atoms with Crippen LogP contribution in [0.1, 0.15) is 10.4 Å². The normalized spacial score (nSPS) is 10.0. The molecule has 0 saturated heterocycles. The number of rotatable bonds is 6. The molecule has 0 bridgehead atoms. The highest BCUT2D eigenvalue weighted by Crippen LogP contribution is 2.12. The van der Waals surface area contributed by atoms with Crippen LogP contribution in [0.5, 0.6) is 0 Å². The van der Waals surface area contributed by atoms with Crippen LogP contribution in [0.15, 0.2) is 41.4 Å². The van der Waals surface area contributed by atoms with Crippen LogP contribution in [0.25, 0.3) is 0 Å². The van der Waals surface area contributed by atoms with E-state index in [4.69, 9.17) is 4.74 Å². The molecule has 1 amide bonds. The van der Waals surface area contributed by atoms with Crippen molar-refractivity contribution >= 4 is 21.8 Å². The molecule has 4 heteroatoms. The maximum absolute atomic E-state index is 12.2. The van der Waals surface area contributed by atoms with E-state index in [1.54, 1.807) is 30.2 Å². The Bertz CT molecular complexity index is 376. The van der Waals surface area contributed by atoms with Gasteiger partial charge in [0.05, 0.1) is 6.61 Å². The lowest BCUT2D eigenvalue weighted by Crippen LogP contribution is -2.34. The summed E-state index contributed by atoms with van der Waals surface area (Å²) in [5, 5.41) is 0.